The standard InChI is InChI=1S/C27H52N2O3/c1-4-6-8-10-12-13-14-15-16-18-20-22-24-29(28-26(30)25-32-3)27(31)23-21-19-17-11-9-7-5-2/h22,24H,4-21,23,25H2,1-3H3,(H,28,30)/b24-22+. The predicted molar refractivity (Wildman–Crippen MR) is 135 cm³/mol. The zero-order valence-corrected chi connectivity index (χ0v) is 21.5. The smallest absolute Gasteiger partial charge is 0.264 e. The molecule has 2 amide bonds. The van der Waals surface area contributed by atoms with Crippen molar-refractivity contribution in [3.05, 3.63) is 12.3 Å². The Morgan fingerprint density at radius 1 is 0.719 bits per heavy atom. The van der Waals surface area contributed by atoms with Crippen molar-refractivity contribution in [1.82, 2.24) is 10.4 Å². The van der Waals surface area contributed by atoms with Crippen molar-refractivity contribution >= 4 is 11.8 Å². The van der Waals surface area contributed by atoms with E-state index in [9.17, 15) is 9.59 Å². The van der Waals surface area contributed by atoms with Crippen LogP contribution in [-0.4, -0.2) is 30.5 Å². The summed E-state index contributed by atoms with van der Waals surface area (Å²) in [6.07, 6.45) is 26.4. The molecule has 0 heterocycles. The van der Waals surface area contributed by atoms with Gasteiger partial charge in [-0.25, -0.2) is 5.01 Å². The van der Waals surface area contributed by atoms with Gasteiger partial charge in [-0.2, -0.15) is 0 Å². The van der Waals surface area contributed by atoms with Gasteiger partial charge in [0.25, 0.3) is 5.91 Å². The van der Waals surface area contributed by atoms with Gasteiger partial charge in [0.1, 0.15) is 6.61 Å². The minimum absolute atomic E-state index is 0.0481. The molecular weight excluding hydrogens is 400 g/mol. The third-order valence-corrected chi connectivity index (χ3v) is 5.76. The van der Waals surface area contributed by atoms with Gasteiger partial charge in [-0.1, -0.05) is 116 Å². The van der Waals surface area contributed by atoms with Crippen LogP contribution in [0, 0.1) is 0 Å². The maximum Gasteiger partial charge on any atom is 0.264 e. The summed E-state index contributed by atoms with van der Waals surface area (Å²) in [5.41, 5.74) is 2.66. The number of nitrogens with one attached hydrogen (secondary N) is 1. The number of amides is 2. The van der Waals surface area contributed by atoms with E-state index in [1.54, 1.807) is 6.20 Å². The first-order valence-corrected chi connectivity index (χ1v) is 13.4. The molecule has 0 aromatic heterocycles. The fraction of sp³-hybridized carbons (Fsp3) is 0.852. The van der Waals surface area contributed by atoms with Crippen LogP contribution in [0.2, 0.25) is 0 Å². The number of hydrazine groups is 1. The summed E-state index contributed by atoms with van der Waals surface area (Å²) in [6.45, 7) is 4.43. The van der Waals surface area contributed by atoms with Crippen LogP contribution in [0.15, 0.2) is 12.3 Å². The number of ether oxygens (including phenoxy) is 1. The van der Waals surface area contributed by atoms with Crippen LogP contribution in [0.4, 0.5) is 0 Å². The Bertz CT molecular complexity index is 466. The summed E-state index contributed by atoms with van der Waals surface area (Å²) in [5, 5.41) is 1.36. The molecule has 0 saturated heterocycles. The minimum Gasteiger partial charge on any atom is -0.375 e. The number of nitrogens with zero attached hydrogens (tertiary/aromatic N) is 1. The van der Waals surface area contributed by atoms with Crippen LogP contribution in [0.25, 0.3) is 0 Å². The highest BCUT2D eigenvalue weighted by Gasteiger charge is 2.13. The number of methoxy groups -OCH3 is 1. The van der Waals surface area contributed by atoms with Gasteiger partial charge in [0.15, 0.2) is 0 Å². The third kappa shape index (κ3) is 20.5. The van der Waals surface area contributed by atoms with E-state index < -0.39 is 0 Å². The number of hydrogen-bond donors (Lipinski definition) is 1. The molecule has 188 valence electrons. The number of carbonyl (C=O) groups excluding carboxylic acids is 2. The van der Waals surface area contributed by atoms with Crippen molar-refractivity contribution in [2.75, 3.05) is 13.7 Å². The number of carbonyl (C=O) groups is 2. The molecule has 0 rings (SSSR count). The van der Waals surface area contributed by atoms with Crippen molar-refractivity contribution < 1.29 is 14.3 Å². The Labute approximate surface area is 198 Å². The highest BCUT2D eigenvalue weighted by molar-refractivity contribution is 5.83. The quantitative estimate of drug-likeness (QED) is 0.137. The van der Waals surface area contributed by atoms with Crippen molar-refractivity contribution in [3.8, 4) is 0 Å². The topological polar surface area (TPSA) is 58.6 Å². The molecule has 0 aliphatic heterocycles. The largest absolute Gasteiger partial charge is 0.375 e. The second-order valence-corrected chi connectivity index (χ2v) is 8.96. The molecule has 0 aromatic rings. The lowest BCUT2D eigenvalue weighted by Gasteiger charge is -2.19. The Kier molecular flexibility index (Phi) is 23.3. The van der Waals surface area contributed by atoms with Gasteiger partial charge in [0.05, 0.1) is 0 Å². The fourth-order valence-corrected chi connectivity index (χ4v) is 3.76. The van der Waals surface area contributed by atoms with E-state index >= 15 is 0 Å². The molecule has 5 nitrogen and oxygen atoms in total. The highest BCUT2D eigenvalue weighted by Crippen LogP contribution is 2.12. The predicted octanol–water partition coefficient (Wildman–Crippen LogP) is 7.46. The van der Waals surface area contributed by atoms with E-state index in [0.717, 1.165) is 25.7 Å². The van der Waals surface area contributed by atoms with Gasteiger partial charge in [-0.3, -0.25) is 15.0 Å². The lowest BCUT2D eigenvalue weighted by atomic mass is 10.1. The number of hydrogen-bond acceptors (Lipinski definition) is 3. The van der Waals surface area contributed by atoms with Gasteiger partial charge in [0, 0.05) is 19.7 Å². The van der Waals surface area contributed by atoms with E-state index in [-0.39, 0.29) is 18.4 Å². The zero-order chi connectivity index (χ0) is 23.7. The van der Waals surface area contributed by atoms with Crippen molar-refractivity contribution in [2.24, 2.45) is 0 Å². The normalized spacial score (nSPS) is 11.2. The zero-order valence-electron chi connectivity index (χ0n) is 21.5. The lowest BCUT2D eigenvalue weighted by Crippen LogP contribution is -2.44. The first kappa shape index (κ1) is 30.6. The number of unbranched alkanes of at least 4 members (excludes halogenated alkanes) is 16. The summed E-state index contributed by atoms with van der Waals surface area (Å²) >= 11 is 0. The first-order chi connectivity index (χ1) is 15.7. The molecule has 0 spiro atoms. The van der Waals surface area contributed by atoms with E-state index in [1.165, 1.54) is 102 Å². The molecule has 0 atom stereocenters. The molecule has 1 N–H and O–H groups in total. The Morgan fingerprint density at radius 2 is 1.19 bits per heavy atom. The molecule has 0 aromatic carbocycles. The van der Waals surface area contributed by atoms with E-state index in [4.69, 9.17) is 4.74 Å². The van der Waals surface area contributed by atoms with Gasteiger partial charge in [0.2, 0.25) is 5.91 Å². The average molecular weight is 453 g/mol. The monoisotopic (exact) mass is 452 g/mol. The Hall–Kier alpha value is -1.36. The second kappa shape index (κ2) is 24.3. The molecular formula is C27H52N2O3. The van der Waals surface area contributed by atoms with Gasteiger partial charge < -0.3 is 4.74 Å². The Balaban J connectivity index is 4.07. The van der Waals surface area contributed by atoms with E-state index in [0.29, 0.717) is 6.42 Å². The molecule has 0 aliphatic rings. The summed E-state index contributed by atoms with van der Waals surface area (Å²) in [5.74, 6) is -0.355. The third-order valence-electron chi connectivity index (χ3n) is 5.76. The van der Waals surface area contributed by atoms with Gasteiger partial charge in [-0.15, -0.1) is 0 Å². The molecule has 0 saturated carbocycles. The maximum absolute atomic E-state index is 12.6. The average Bonchev–Trinajstić information content (AvgIpc) is 2.78. The summed E-state index contributed by atoms with van der Waals surface area (Å²) in [6, 6.07) is 0. The van der Waals surface area contributed by atoms with Crippen molar-refractivity contribution in [3.63, 3.8) is 0 Å². The van der Waals surface area contributed by atoms with Crippen LogP contribution in [0.5, 0.6) is 0 Å². The van der Waals surface area contributed by atoms with Crippen molar-refractivity contribution in [2.45, 2.75) is 136 Å². The SMILES string of the molecule is CCCCCCCCCCCC/C=C/N(NC(=O)COC)C(=O)CCCCCCCCC. The van der Waals surface area contributed by atoms with Crippen LogP contribution >= 0.6 is 0 Å². The molecule has 0 bridgehead atoms. The van der Waals surface area contributed by atoms with E-state index in [1.807, 2.05) is 6.08 Å². The molecule has 0 unspecified atom stereocenters. The molecule has 0 aliphatic carbocycles. The lowest BCUT2D eigenvalue weighted by molar-refractivity contribution is -0.139. The maximum atomic E-state index is 12.6. The molecule has 0 fully saturated rings. The number of rotatable bonds is 22. The number of allylic oxidation sites excluding steroid dienone is 1. The fourth-order valence-electron chi connectivity index (χ4n) is 3.76. The summed E-state index contributed by atoms with van der Waals surface area (Å²) in [4.78, 5) is 24.5. The minimum atomic E-state index is -0.302. The Morgan fingerprint density at radius 3 is 1.69 bits per heavy atom. The van der Waals surface area contributed by atoms with Crippen LogP contribution in [-0.2, 0) is 14.3 Å². The molecule has 5 heteroatoms. The van der Waals surface area contributed by atoms with Crippen molar-refractivity contribution in [1.29, 1.82) is 0 Å². The first-order valence-electron chi connectivity index (χ1n) is 13.4. The van der Waals surface area contributed by atoms with Gasteiger partial charge in [-0.05, 0) is 19.3 Å². The summed E-state index contributed by atoms with van der Waals surface area (Å²) in [7, 11) is 1.48. The highest BCUT2D eigenvalue weighted by atomic mass is 16.5. The van der Waals surface area contributed by atoms with Crippen LogP contribution < -0.4 is 5.43 Å². The second-order valence-electron chi connectivity index (χ2n) is 8.96. The molecule has 32 heavy (non-hydrogen) atoms. The van der Waals surface area contributed by atoms with E-state index in [2.05, 4.69) is 19.3 Å². The summed E-state index contributed by atoms with van der Waals surface area (Å²) < 4.78 is 4.87. The van der Waals surface area contributed by atoms with Crippen LogP contribution in [0.3, 0.4) is 0 Å². The molecule has 0 radical (unpaired) electrons. The van der Waals surface area contributed by atoms with Gasteiger partial charge >= 0.3 is 0 Å². The van der Waals surface area contributed by atoms with Crippen LogP contribution in [0.1, 0.15) is 136 Å².